The number of hydrogen-bond donors (Lipinski definition) is 1. The molecule has 19 heavy (non-hydrogen) atoms. The second-order valence-corrected chi connectivity index (χ2v) is 5.54. The number of esters is 1. The monoisotopic (exact) mass is 261 g/mol. The molecule has 2 N–H and O–H groups in total. The zero-order valence-corrected chi connectivity index (χ0v) is 11.8. The summed E-state index contributed by atoms with van der Waals surface area (Å²) in [6.45, 7) is 4.10. The quantitative estimate of drug-likeness (QED) is 0.666. The van der Waals surface area contributed by atoms with Gasteiger partial charge in [0.1, 0.15) is 6.10 Å². The van der Waals surface area contributed by atoms with Crippen molar-refractivity contribution in [2.75, 3.05) is 5.73 Å². The van der Waals surface area contributed by atoms with E-state index in [2.05, 4.69) is 6.92 Å². The van der Waals surface area contributed by atoms with Gasteiger partial charge >= 0.3 is 5.97 Å². The number of nitrogens with two attached hydrogens (primary N) is 1. The van der Waals surface area contributed by atoms with Crippen LogP contribution in [0, 0.1) is 12.8 Å². The highest BCUT2D eigenvalue weighted by atomic mass is 16.5. The van der Waals surface area contributed by atoms with E-state index in [4.69, 9.17) is 10.5 Å². The lowest BCUT2D eigenvalue weighted by Crippen LogP contribution is -2.25. The lowest BCUT2D eigenvalue weighted by atomic mass is 9.85. The first-order valence-corrected chi connectivity index (χ1v) is 7.17. The van der Waals surface area contributed by atoms with Crippen LogP contribution in [0.1, 0.15) is 54.9 Å². The highest BCUT2D eigenvalue weighted by Crippen LogP contribution is 2.29. The number of ether oxygens (including phenoxy) is 1. The second kappa shape index (κ2) is 6.09. The zero-order chi connectivity index (χ0) is 13.8. The van der Waals surface area contributed by atoms with E-state index < -0.39 is 0 Å². The van der Waals surface area contributed by atoms with Crippen LogP contribution in [0.5, 0.6) is 0 Å². The van der Waals surface area contributed by atoms with Crippen molar-refractivity contribution in [2.24, 2.45) is 5.92 Å². The maximum absolute atomic E-state index is 12.2. The van der Waals surface area contributed by atoms with Gasteiger partial charge in [-0.15, -0.1) is 0 Å². The average molecular weight is 261 g/mol. The predicted molar refractivity (Wildman–Crippen MR) is 77.0 cm³/mol. The van der Waals surface area contributed by atoms with Crippen LogP contribution in [0.25, 0.3) is 0 Å². The first-order valence-electron chi connectivity index (χ1n) is 7.17. The van der Waals surface area contributed by atoms with E-state index in [0.717, 1.165) is 24.8 Å². The van der Waals surface area contributed by atoms with Crippen molar-refractivity contribution in [3.8, 4) is 0 Å². The van der Waals surface area contributed by atoms with Gasteiger partial charge in [-0.05, 0) is 55.9 Å². The Kier molecular flexibility index (Phi) is 4.46. The maximum atomic E-state index is 12.2. The number of rotatable bonds is 3. The highest BCUT2D eigenvalue weighted by molar-refractivity contribution is 5.91. The third-order valence-corrected chi connectivity index (χ3v) is 4.06. The molecule has 0 saturated heterocycles. The van der Waals surface area contributed by atoms with Crippen molar-refractivity contribution in [3.63, 3.8) is 0 Å². The topological polar surface area (TPSA) is 52.3 Å². The summed E-state index contributed by atoms with van der Waals surface area (Å²) in [5.74, 6) is 0.498. The summed E-state index contributed by atoms with van der Waals surface area (Å²) in [6, 6.07) is 5.32. The molecule has 104 valence electrons. The van der Waals surface area contributed by atoms with Gasteiger partial charge in [0.15, 0.2) is 0 Å². The fraction of sp³-hybridized carbons (Fsp3) is 0.562. The van der Waals surface area contributed by atoms with Crippen molar-refractivity contribution in [2.45, 2.75) is 52.1 Å². The molecule has 0 amide bonds. The van der Waals surface area contributed by atoms with Gasteiger partial charge in [0.25, 0.3) is 0 Å². The van der Waals surface area contributed by atoms with Crippen LogP contribution in [-0.4, -0.2) is 12.1 Å². The summed E-state index contributed by atoms with van der Waals surface area (Å²) in [7, 11) is 0. The molecule has 3 nitrogen and oxygen atoms in total. The fourth-order valence-corrected chi connectivity index (χ4v) is 2.85. The molecule has 3 heteroatoms. The number of aryl methyl sites for hydroxylation is 1. The molecule has 0 heterocycles. The number of nitrogen functional groups attached to an aromatic ring is 1. The van der Waals surface area contributed by atoms with Crippen LogP contribution < -0.4 is 5.73 Å². The van der Waals surface area contributed by atoms with Crippen molar-refractivity contribution in [3.05, 3.63) is 29.3 Å². The van der Waals surface area contributed by atoms with Gasteiger partial charge in [0, 0.05) is 5.69 Å². The minimum atomic E-state index is -0.209. The first kappa shape index (κ1) is 13.9. The van der Waals surface area contributed by atoms with Crippen LogP contribution in [-0.2, 0) is 4.74 Å². The molecule has 1 aliphatic carbocycles. The van der Waals surface area contributed by atoms with Gasteiger partial charge in [-0.3, -0.25) is 0 Å². The number of carbonyl (C=O) groups excluding carboxylic acids is 1. The van der Waals surface area contributed by atoms with Crippen LogP contribution in [0.2, 0.25) is 0 Å². The Morgan fingerprint density at radius 1 is 1.42 bits per heavy atom. The maximum Gasteiger partial charge on any atom is 0.338 e. The van der Waals surface area contributed by atoms with Crippen LogP contribution >= 0.6 is 0 Å². The predicted octanol–water partition coefficient (Wildman–Crippen LogP) is 3.70. The summed E-state index contributed by atoms with van der Waals surface area (Å²) in [5.41, 5.74) is 7.89. The van der Waals surface area contributed by atoms with Crippen LogP contribution in [0.15, 0.2) is 18.2 Å². The normalized spacial score (nSPS) is 23.1. The summed E-state index contributed by atoms with van der Waals surface area (Å²) in [5, 5.41) is 0. The van der Waals surface area contributed by atoms with Gasteiger partial charge < -0.3 is 10.5 Å². The van der Waals surface area contributed by atoms with E-state index in [9.17, 15) is 4.79 Å². The lowest BCUT2D eigenvalue weighted by molar-refractivity contribution is 0.0139. The minimum absolute atomic E-state index is 0.0863. The SMILES string of the molecule is CCC1CCCC(OC(=O)c2ccc(N)cc2C)C1. The second-order valence-electron chi connectivity index (χ2n) is 5.54. The molecular weight excluding hydrogens is 238 g/mol. The van der Waals surface area contributed by atoms with Crippen molar-refractivity contribution in [1.82, 2.24) is 0 Å². The number of carbonyl (C=O) groups is 1. The Hall–Kier alpha value is -1.51. The molecule has 0 aliphatic heterocycles. The Balaban J connectivity index is 2.00. The summed E-state index contributed by atoms with van der Waals surface area (Å²) in [4.78, 5) is 12.2. The molecule has 0 spiro atoms. The van der Waals surface area contributed by atoms with Crippen LogP contribution in [0.3, 0.4) is 0 Å². The molecule has 1 fully saturated rings. The minimum Gasteiger partial charge on any atom is -0.459 e. The Bertz CT molecular complexity index is 456. The molecule has 1 aromatic carbocycles. The largest absolute Gasteiger partial charge is 0.459 e. The molecule has 1 aromatic rings. The fourth-order valence-electron chi connectivity index (χ4n) is 2.85. The Labute approximate surface area is 115 Å². The van der Waals surface area contributed by atoms with Crippen molar-refractivity contribution < 1.29 is 9.53 Å². The molecule has 0 bridgehead atoms. The van der Waals surface area contributed by atoms with E-state index in [1.807, 2.05) is 13.0 Å². The van der Waals surface area contributed by atoms with E-state index >= 15 is 0 Å². The number of anilines is 1. The molecule has 1 saturated carbocycles. The third-order valence-electron chi connectivity index (χ3n) is 4.06. The van der Waals surface area contributed by atoms with E-state index in [0.29, 0.717) is 17.2 Å². The Morgan fingerprint density at radius 3 is 2.89 bits per heavy atom. The smallest absolute Gasteiger partial charge is 0.338 e. The Morgan fingerprint density at radius 2 is 2.21 bits per heavy atom. The standard InChI is InChI=1S/C16H23NO2/c1-3-12-5-4-6-14(10-12)19-16(18)15-8-7-13(17)9-11(15)2/h7-9,12,14H,3-6,10,17H2,1-2H3. The van der Waals surface area contributed by atoms with E-state index in [-0.39, 0.29) is 12.1 Å². The molecule has 0 radical (unpaired) electrons. The van der Waals surface area contributed by atoms with Gasteiger partial charge in [-0.1, -0.05) is 19.8 Å². The lowest BCUT2D eigenvalue weighted by Gasteiger charge is -2.28. The van der Waals surface area contributed by atoms with Crippen molar-refractivity contribution in [1.29, 1.82) is 0 Å². The van der Waals surface area contributed by atoms with E-state index in [1.165, 1.54) is 12.8 Å². The third kappa shape index (κ3) is 3.49. The molecular formula is C16H23NO2. The van der Waals surface area contributed by atoms with Crippen LogP contribution in [0.4, 0.5) is 5.69 Å². The highest BCUT2D eigenvalue weighted by Gasteiger charge is 2.24. The molecule has 2 rings (SSSR count). The summed E-state index contributed by atoms with van der Waals surface area (Å²) in [6.07, 6.45) is 5.70. The number of benzene rings is 1. The summed E-state index contributed by atoms with van der Waals surface area (Å²) < 4.78 is 5.65. The zero-order valence-electron chi connectivity index (χ0n) is 11.8. The molecule has 2 atom stereocenters. The average Bonchev–Trinajstić information content (AvgIpc) is 2.38. The van der Waals surface area contributed by atoms with E-state index in [1.54, 1.807) is 12.1 Å². The first-order chi connectivity index (χ1) is 9.10. The molecule has 1 aliphatic rings. The van der Waals surface area contributed by atoms with Gasteiger partial charge in [-0.25, -0.2) is 4.79 Å². The van der Waals surface area contributed by atoms with Gasteiger partial charge in [0.2, 0.25) is 0 Å². The molecule has 2 unspecified atom stereocenters. The number of hydrogen-bond acceptors (Lipinski definition) is 3. The molecule has 0 aromatic heterocycles. The summed E-state index contributed by atoms with van der Waals surface area (Å²) >= 11 is 0. The van der Waals surface area contributed by atoms with Crippen molar-refractivity contribution >= 4 is 11.7 Å². The van der Waals surface area contributed by atoms with Gasteiger partial charge in [-0.2, -0.15) is 0 Å². The van der Waals surface area contributed by atoms with Gasteiger partial charge in [0.05, 0.1) is 5.56 Å².